The zero-order chi connectivity index (χ0) is 24.2. The number of hydrogen-bond acceptors (Lipinski definition) is 6. The van der Waals surface area contributed by atoms with Crippen molar-refractivity contribution in [3.8, 4) is 11.8 Å². The highest BCUT2D eigenvalue weighted by Gasteiger charge is 2.33. The molecule has 2 aliphatic rings. The fourth-order valence-corrected chi connectivity index (χ4v) is 5.18. The molecule has 1 aliphatic heterocycles. The number of esters is 1. The predicted molar refractivity (Wildman–Crippen MR) is 130 cm³/mol. The van der Waals surface area contributed by atoms with Crippen LogP contribution in [0.2, 0.25) is 0 Å². The molecular weight excluding hydrogens is 430 g/mol. The number of nitrogens with one attached hydrogen (secondary N) is 1. The topological polar surface area (TPSA) is 91.7 Å². The zero-order valence-electron chi connectivity index (χ0n) is 20.5. The maximum absolute atomic E-state index is 13.7. The van der Waals surface area contributed by atoms with E-state index in [1.54, 1.807) is 19.1 Å². The summed E-state index contributed by atoms with van der Waals surface area (Å²) in [6.45, 7) is 3.47. The molecular formula is C27H39N3O4. The Balaban J connectivity index is 1.59. The molecule has 1 saturated heterocycles. The van der Waals surface area contributed by atoms with Crippen LogP contribution in [0, 0.1) is 17.2 Å². The number of carbonyl (C=O) groups excluding carboxylic acids is 2. The molecule has 1 amide bonds. The van der Waals surface area contributed by atoms with E-state index in [0.717, 1.165) is 57.2 Å². The van der Waals surface area contributed by atoms with E-state index in [2.05, 4.69) is 11.4 Å². The number of nitriles is 1. The van der Waals surface area contributed by atoms with Crippen molar-refractivity contribution in [2.75, 3.05) is 26.3 Å². The first-order valence-corrected chi connectivity index (χ1v) is 12.9. The summed E-state index contributed by atoms with van der Waals surface area (Å²) in [7, 11) is 0. The highest BCUT2D eigenvalue weighted by atomic mass is 16.5. The lowest BCUT2D eigenvalue weighted by Gasteiger charge is -2.39. The van der Waals surface area contributed by atoms with Crippen molar-refractivity contribution in [3.63, 3.8) is 0 Å². The monoisotopic (exact) mass is 469 g/mol. The lowest BCUT2D eigenvalue weighted by atomic mass is 9.84. The van der Waals surface area contributed by atoms with Crippen molar-refractivity contribution >= 4 is 11.9 Å². The lowest BCUT2D eigenvalue weighted by Crippen LogP contribution is -2.54. The van der Waals surface area contributed by atoms with Crippen molar-refractivity contribution in [1.29, 1.82) is 5.26 Å². The molecule has 3 rings (SSSR count). The molecule has 2 atom stereocenters. The summed E-state index contributed by atoms with van der Waals surface area (Å²) in [5, 5.41) is 12.2. The highest BCUT2D eigenvalue weighted by Crippen LogP contribution is 2.29. The van der Waals surface area contributed by atoms with Gasteiger partial charge in [-0.2, -0.15) is 5.26 Å². The van der Waals surface area contributed by atoms with Gasteiger partial charge in [-0.15, -0.1) is 0 Å². The molecule has 1 aromatic carbocycles. The van der Waals surface area contributed by atoms with Crippen LogP contribution in [0.25, 0.3) is 0 Å². The first kappa shape index (κ1) is 26.0. The van der Waals surface area contributed by atoms with E-state index in [9.17, 15) is 9.59 Å². The van der Waals surface area contributed by atoms with Crippen LogP contribution in [-0.4, -0.2) is 55.2 Å². The van der Waals surface area contributed by atoms with Gasteiger partial charge < -0.3 is 14.4 Å². The summed E-state index contributed by atoms with van der Waals surface area (Å²) in [4.78, 5) is 27.7. The second kappa shape index (κ2) is 14.0. The fourth-order valence-electron chi connectivity index (χ4n) is 5.18. The van der Waals surface area contributed by atoms with Crippen LogP contribution in [0.5, 0.6) is 5.75 Å². The second-order valence-corrected chi connectivity index (χ2v) is 9.43. The van der Waals surface area contributed by atoms with Crippen molar-refractivity contribution in [3.05, 3.63) is 29.8 Å². The Morgan fingerprint density at radius 3 is 2.56 bits per heavy atom. The van der Waals surface area contributed by atoms with Crippen molar-refractivity contribution in [1.82, 2.24) is 10.2 Å². The minimum absolute atomic E-state index is 0.0667. The number of rotatable bonds is 11. The number of carbonyl (C=O) groups is 2. The molecule has 0 radical (unpaired) electrons. The Kier molecular flexibility index (Phi) is 10.7. The van der Waals surface area contributed by atoms with E-state index in [-0.39, 0.29) is 30.5 Å². The molecule has 1 saturated carbocycles. The number of hydrogen-bond donors (Lipinski definition) is 1. The number of piperidine rings is 1. The molecule has 1 aliphatic carbocycles. The number of ether oxygens (including phenoxy) is 2. The molecule has 1 N–H and O–H groups in total. The maximum atomic E-state index is 13.7. The molecule has 0 bridgehead atoms. The van der Waals surface area contributed by atoms with Crippen molar-refractivity contribution < 1.29 is 19.1 Å². The summed E-state index contributed by atoms with van der Waals surface area (Å²) >= 11 is 0. The van der Waals surface area contributed by atoms with Crippen LogP contribution >= 0.6 is 0 Å². The van der Waals surface area contributed by atoms with Crippen LogP contribution in [0.1, 0.15) is 76.7 Å². The first-order chi connectivity index (χ1) is 16.6. The first-order valence-electron chi connectivity index (χ1n) is 12.9. The molecule has 0 unspecified atom stereocenters. The quantitative estimate of drug-likeness (QED) is 0.489. The van der Waals surface area contributed by atoms with Gasteiger partial charge in [-0.1, -0.05) is 32.1 Å². The van der Waals surface area contributed by atoms with Crippen molar-refractivity contribution in [2.24, 2.45) is 5.92 Å². The third-order valence-electron chi connectivity index (χ3n) is 7.00. The van der Waals surface area contributed by atoms with E-state index >= 15 is 0 Å². The van der Waals surface area contributed by atoms with E-state index in [1.807, 2.05) is 17.0 Å². The van der Waals surface area contributed by atoms with Gasteiger partial charge in [0.25, 0.3) is 0 Å². The molecule has 34 heavy (non-hydrogen) atoms. The highest BCUT2D eigenvalue weighted by molar-refractivity contribution is 5.83. The van der Waals surface area contributed by atoms with Crippen molar-refractivity contribution in [2.45, 2.75) is 83.2 Å². The molecule has 1 aromatic rings. The number of benzene rings is 1. The van der Waals surface area contributed by atoms with E-state index in [4.69, 9.17) is 14.7 Å². The van der Waals surface area contributed by atoms with Crippen LogP contribution in [0.4, 0.5) is 0 Å². The summed E-state index contributed by atoms with van der Waals surface area (Å²) in [6.07, 6.45) is 10.7. The maximum Gasteiger partial charge on any atom is 0.319 e. The Morgan fingerprint density at radius 1 is 1.12 bits per heavy atom. The van der Waals surface area contributed by atoms with Gasteiger partial charge in [-0.3, -0.25) is 14.9 Å². The zero-order valence-corrected chi connectivity index (χ0v) is 20.5. The second-order valence-electron chi connectivity index (χ2n) is 9.43. The minimum Gasteiger partial charge on any atom is -0.494 e. The van der Waals surface area contributed by atoms with Crippen LogP contribution in [0.3, 0.4) is 0 Å². The van der Waals surface area contributed by atoms with Gasteiger partial charge in [0.05, 0.1) is 37.4 Å². The molecule has 0 aromatic heterocycles. The largest absolute Gasteiger partial charge is 0.494 e. The molecule has 0 spiro atoms. The smallest absolute Gasteiger partial charge is 0.319 e. The Morgan fingerprint density at radius 2 is 1.85 bits per heavy atom. The number of likely N-dealkylation sites (tertiary alicyclic amines) is 1. The van der Waals surface area contributed by atoms with Gasteiger partial charge in [-0.25, -0.2) is 0 Å². The standard InChI is InChI=1S/C27H39N3O4/c1-2-33-26(31)20-29-25(18-21-8-4-3-5-9-21)27(32)30-16-7-6-10-23(30)15-17-34-24-13-11-22(19-28)12-14-24/h11-14,21,23,25,29H,2-10,15-18,20H2,1H3/t23-,25+/m0/s1. The predicted octanol–water partition coefficient (Wildman–Crippen LogP) is 4.20. The van der Waals surface area contributed by atoms with Crippen LogP contribution in [0.15, 0.2) is 24.3 Å². The van der Waals surface area contributed by atoms with Crippen LogP contribution in [-0.2, 0) is 14.3 Å². The lowest BCUT2D eigenvalue weighted by molar-refractivity contribution is -0.143. The average Bonchev–Trinajstić information content (AvgIpc) is 2.87. The Labute approximate surface area is 203 Å². The Bertz CT molecular complexity index is 814. The molecule has 2 fully saturated rings. The van der Waals surface area contributed by atoms with Gasteiger partial charge >= 0.3 is 5.97 Å². The molecule has 7 heteroatoms. The van der Waals surface area contributed by atoms with Gasteiger partial charge in [0.15, 0.2) is 0 Å². The molecule has 1 heterocycles. The normalized spacial score (nSPS) is 19.8. The third kappa shape index (κ3) is 8.02. The summed E-state index contributed by atoms with van der Waals surface area (Å²) < 4.78 is 11.0. The molecule has 186 valence electrons. The summed E-state index contributed by atoms with van der Waals surface area (Å²) in [5.41, 5.74) is 0.607. The van der Waals surface area contributed by atoms with Gasteiger partial charge in [0, 0.05) is 19.0 Å². The van der Waals surface area contributed by atoms with E-state index in [0.29, 0.717) is 24.7 Å². The number of nitrogens with zero attached hydrogens (tertiary/aromatic N) is 2. The van der Waals surface area contributed by atoms with E-state index in [1.165, 1.54) is 19.3 Å². The van der Waals surface area contributed by atoms with Gasteiger partial charge in [0.2, 0.25) is 5.91 Å². The Hall–Kier alpha value is -2.59. The van der Waals surface area contributed by atoms with Gasteiger partial charge in [-0.05, 0) is 62.8 Å². The average molecular weight is 470 g/mol. The summed E-state index contributed by atoms with van der Waals surface area (Å²) in [5.74, 6) is 1.06. The third-order valence-corrected chi connectivity index (χ3v) is 7.00. The minimum atomic E-state index is -0.354. The molecule has 7 nitrogen and oxygen atoms in total. The van der Waals surface area contributed by atoms with E-state index < -0.39 is 0 Å². The van der Waals surface area contributed by atoms with Crippen LogP contribution < -0.4 is 10.1 Å². The summed E-state index contributed by atoms with van der Waals surface area (Å²) in [6, 6.07) is 9.00. The SMILES string of the molecule is CCOC(=O)CN[C@H](CC1CCCCC1)C(=O)N1CCCC[C@H]1CCOc1ccc(C#N)cc1. The fraction of sp³-hybridized carbons (Fsp3) is 0.667. The number of amides is 1. The van der Waals surface area contributed by atoms with Gasteiger partial charge in [0.1, 0.15) is 5.75 Å².